The van der Waals surface area contributed by atoms with Gasteiger partial charge < -0.3 is 0 Å². The first-order valence-corrected chi connectivity index (χ1v) is 2.62. The van der Waals surface area contributed by atoms with Crippen molar-refractivity contribution < 1.29 is 37.7 Å². The third-order valence-electron chi connectivity index (χ3n) is 0.465. The Morgan fingerprint density at radius 3 is 2.57 bits per heavy atom. The van der Waals surface area contributed by atoms with Gasteiger partial charge in [-0.2, -0.15) is 5.10 Å². The Bertz CT molecular complexity index is 116. The molecule has 1 aromatic rings. The van der Waals surface area contributed by atoms with E-state index in [1.165, 1.54) is 0 Å². The van der Waals surface area contributed by atoms with Gasteiger partial charge in [-0.15, -0.1) is 0 Å². The number of H-pyrrole nitrogens is 1. The summed E-state index contributed by atoms with van der Waals surface area (Å²) in [6.45, 7) is 0. The van der Waals surface area contributed by atoms with E-state index >= 15 is 0 Å². The van der Waals surface area contributed by atoms with E-state index in [9.17, 15) is 0 Å². The fraction of sp³-hybridized carbons (Fsp3) is 0. The van der Waals surface area contributed by atoms with Crippen molar-refractivity contribution in [2.45, 2.75) is 0 Å². The first kappa shape index (κ1) is 8.20. The largest absolute Gasteiger partial charge is 0.285 e. The van der Waals surface area contributed by atoms with Crippen molar-refractivity contribution in [1.29, 1.82) is 0 Å². The van der Waals surface area contributed by atoms with Gasteiger partial charge in [-0.3, -0.25) is 5.10 Å². The number of hydrogen-bond donors (Lipinski definition) is 1. The molecule has 0 bridgehead atoms. The normalized spacial score (nSPS) is 7.57. The van der Waals surface area contributed by atoms with Crippen molar-refractivity contribution in [1.82, 2.24) is 10.2 Å². The fourth-order valence-corrected chi connectivity index (χ4v) is 0.514. The van der Waals surface area contributed by atoms with E-state index in [4.69, 9.17) is 0 Å². The molecule has 1 aromatic heterocycles. The molecule has 0 amide bonds. The Hall–Kier alpha value is 1.20. The van der Waals surface area contributed by atoms with Gasteiger partial charge in [0, 0.05) is 43.9 Å². The first-order valence-electron chi connectivity index (χ1n) is 1.54. The molecule has 4 heteroatoms. The molecule has 2 nitrogen and oxygen atoms in total. The molecule has 0 aliphatic rings. The number of rotatable bonds is 0. The van der Waals surface area contributed by atoms with Crippen LogP contribution >= 0.6 is 22.6 Å². The van der Waals surface area contributed by atoms with Crippen LogP contribution in [0, 0.1) is 41.3 Å². The van der Waals surface area contributed by atoms with E-state index in [-0.39, 0.29) is 37.7 Å². The SMILES string of the molecule is Ic1cn[nH]c1.[Ar]. The quantitative estimate of drug-likeness (QED) is 0.667. The maximum Gasteiger partial charge on any atom is 0.0621 e. The summed E-state index contributed by atoms with van der Waals surface area (Å²) >= 11 is 2.18. The van der Waals surface area contributed by atoms with Gasteiger partial charge in [0.05, 0.1) is 9.77 Å². The molecule has 1 heterocycles. The van der Waals surface area contributed by atoms with Gasteiger partial charge >= 0.3 is 0 Å². The summed E-state index contributed by atoms with van der Waals surface area (Å²) in [6, 6.07) is 0. The Balaban J connectivity index is 0.000000360. The molecule has 1 N–H and O–H groups in total. The average molecular weight is 234 g/mol. The Morgan fingerprint density at radius 1 is 1.71 bits per heavy atom. The van der Waals surface area contributed by atoms with E-state index in [0.717, 1.165) is 3.57 Å². The van der Waals surface area contributed by atoms with Gasteiger partial charge in [0.25, 0.3) is 0 Å². The van der Waals surface area contributed by atoms with Crippen LogP contribution in [0.15, 0.2) is 12.4 Å². The van der Waals surface area contributed by atoms with E-state index in [1.807, 2.05) is 6.20 Å². The summed E-state index contributed by atoms with van der Waals surface area (Å²) < 4.78 is 1.15. The van der Waals surface area contributed by atoms with Crippen molar-refractivity contribution in [3.63, 3.8) is 0 Å². The molecular formula is C3H3ArIN2. The molecule has 0 aliphatic carbocycles. The molecule has 40 valence electrons. The van der Waals surface area contributed by atoms with Crippen LogP contribution in [0.2, 0.25) is 0 Å². The molecule has 0 aliphatic heterocycles. The number of aromatic amines is 1. The number of nitrogens with zero attached hydrogens (tertiary/aromatic N) is 1. The number of halogens is 1. The van der Waals surface area contributed by atoms with E-state index in [0.29, 0.717) is 0 Å². The summed E-state index contributed by atoms with van der Waals surface area (Å²) in [5.41, 5.74) is 0. The average Bonchev–Trinajstić information content (AvgIpc) is 1.86. The molecular weight excluding hydrogens is 231 g/mol. The minimum Gasteiger partial charge on any atom is -0.285 e. The van der Waals surface area contributed by atoms with Gasteiger partial charge in [0.1, 0.15) is 0 Å². The second-order valence-corrected chi connectivity index (χ2v) is 2.16. The van der Waals surface area contributed by atoms with Crippen LogP contribution in [0.25, 0.3) is 0 Å². The minimum atomic E-state index is 0. The van der Waals surface area contributed by atoms with Crippen LogP contribution in [0.5, 0.6) is 0 Å². The summed E-state index contributed by atoms with van der Waals surface area (Å²) in [5, 5.41) is 6.36. The molecule has 0 saturated carbocycles. The minimum absolute atomic E-state index is 0. The Morgan fingerprint density at radius 2 is 2.43 bits per heavy atom. The van der Waals surface area contributed by atoms with E-state index in [2.05, 4.69) is 32.8 Å². The van der Waals surface area contributed by atoms with Crippen LogP contribution in [0.4, 0.5) is 0 Å². The number of nitrogens with one attached hydrogen (secondary N) is 1. The van der Waals surface area contributed by atoms with Crippen molar-refractivity contribution >= 4 is 22.6 Å². The Kier molecular flexibility index (Phi) is 4.82. The van der Waals surface area contributed by atoms with Crippen molar-refractivity contribution in [3.8, 4) is 0 Å². The molecule has 0 spiro atoms. The first-order chi connectivity index (χ1) is 2.89. The maximum absolute atomic E-state index is 3.69. The molecule has 1 rings (SSSR count). The van der Waals surface area contributed by atoms with Crippen LogP contribution < -0.4 is 0 Å². The van der Waals surface area contributed by atoms with Gasteiger partial charge in [0.15, 0.2) is 0 Å². The van der Waals surface area contributed by atoms with Crippen molar-refractivity contribution in [2.24, 2.45) is 0 Å². The predicted molar refractivity (Wildman–Crippen MR) is 31.3 cm³/mol. The second-order valence-electron chi connectivity index (χ2n) is 0.917. The van der Waals surface area contributed by atoms with Gasteiger partial charge in [0.2, 0.25) is 0 Å². The van der Waals surface area contributed by atoms with Gasteiger partial charge in [-0.05, 0) is 22.6 Å². The summed E-state index contributed by atoms with van der Waals surface area (Å²) in [5.74, 6) is 0. The van der Waals surface area contributed by atoms with E-state index in [1.54, 1.807) is 6.20 Å². The summed E-state index contributed by atoms with van der Waals surface area (Å²) in [4.78, 5) is 0. The number of hydrogen-bond acceptors (Lipinski definition) is 1. The van der Waals surface area contributed by atoms with Crippen molar-refractivity contribution in [2.75, 3.05) is 0 Å². The zero-order valence-corrected chi connectivity index (χ0v) is 6.20. The Labute approximate surface area is 85.2 Å². The zero-order valence-electron chi connectivity index (χ0n) is 3.33. The van der Waals surface area contributed by atoms with Crippen LogP contribution in [-0.4, -0.2) is 10.2 Å². The molecule has 0 saturated heterocycles. The zero-order chi connectivity index (χ0) is 4.41. The molecule has 7 heavy (non-hydrogen) atoms. The monoisotopic (exact) mass is 234 g/mol. The molecule has 0 radical (unpaired) electrons. The predicted octanol–water partition coefficient (Wildman–Crippen LogP) is 1.01. The standard InChI is InChI=1S/C3H3IN2.Ar/c4-3-1-5-6-2-3;/h1-2H,(H,5,6);. The van der Waals surface area contributed by atoms with Crippen LogP contribution in [-0.2, 0) is 0 Å². The van der Waals surface area contributed by atoms with Crippen molar-refractivity contribution in [3.05, 3.63) is 16.0 Å². The van der Waals surface area contributed by atoms with Crippen LogP contribution in [0.1, 0.15) is 0 Å². The molecule has 0 aromatic carbocycles. The topological polar surface area (TPSA) is 28.7 Å². The summed E-state index contributed by atoms with van der Waals surface area (Å²) in [6.07, 6.45) is 3.60. The van der Waals surface area contributed by atoms with Gasteiger partial charge in [-0.25, -0.2) is 0 Å². The molecule has 0 atom stereocenters. The van der Waals surface area contributed by atoms with E-state index < -0.39 is 0 Å². The molecule has 0 fully saturated rings. The second kappa shape index (κ2) is 4.12. The van der Waals surface area contributed by atoms with Crippen LogP contribution in [0.3, 0.4) is 0 Å². The number of aromatic nitrogens is 2. The summed E-state index contributed by atoms with van der Waals surface area (Å²) in [7, 11) is 0. The van der Waals surface area contributed by atoms with Gasteiger partial charge in [-0.1, -0.05) is 0 Å². The third-order valence-corrected chi connectivity index (χ3v) is 1.05. The maximum atomic E-state index is 3.69. The smallest absolute Gasteiger partial charge is 0.0621 e. The fourth-order valence-electron chi connectivity index (χ4n) is 0.235. The third kappa shape index (κ3) is 2.90. The molecule has 0 unspecified atom stereocenters.